The Balaban J connectivity index is 1.83. The lowest BCUT2D eigenvalue weighted by Crippen LogP contribution is -2.38. The molecule has 0 aliphatic carbocycles. The Bertz CT molecular complexity index is 947. The summed E-state index contributed by atoms with van der Waals surface area (Å²) in [5.41, 5.74) is 2.07. The zero-order valence-corrected chi connectivity index (χ0v) is 16.5. The largest absolute Gasteiger partial charge is 0.493 e. The number of aromatic nitrogens is 2. The molecule has 1 aromatic carbocycles. The van der Waals surface area contributed by atoms with E-state index in [0.717, 1.165) is 12.1 Å². The standard InChI is InChI=1S/C17H16ClF4N5O4/c18-11-9-10(1-2-12(11)19)23-15(26-30-16(28)17(20,21)22)14-13(24-31-25-14)3-4-27-5-7-29-8-6-27/h1-2,9H,3-8H2,(H,23,26). The molecule has 168 valence electrons. The van der Waals surface area contributed by atoms with Gasteiger partial charge >= 0.3 is 12.1 Å². The second-order valence-electron chi connectivity index (χ2n) is 6.31. The van der Waals surface area contributed by atoms with Crippen molar-refractivity contribution >= 4 is 29.1 Å². The number of ether oxygens (including phenoxy) is 1. The molecular weight excluding hydrogens is 450 g/mol. The van der Waals surface area contributed by atoms with E-state index in [9.17, 15) is 22.4 Å². The van der Waals surface area contributed by atoms with Crippen molar-refractivity contribution in [3.63, 3.8) is 0 Å². The maximum absolute atomic E-state index is 13.4. The van der Waals surface area contributed by atoms with Gasteiger partial charge in [-0.05, 0) is 23.4 Å². The number of nitrogens with zero attached hydrogens (tertiary/aromatic N) is 4. The van der Waals surface area contributed by atoms with Gasteiger partial charge in [0, 0.05) is 26.1 Å². The van der Waals surface area contributed by atoms with Crippen LogP contribution < -0.4 is 5.48 Å². The maximum Gasteiger partial charge on any atom is 0.493 e. The molecule has 0 unspecified atom stereocenters. The topological polar surface area (TPSA) is 102 Å². The number of hydrogen-bond donors (Lipinski definition) is 1. The van der Waals surface area contributed by atoms with Crippen LogP contribution in [0.15, 0.2) is 27.8 Å². The highest BCUT2D eigenvalue weighted by molar-refractivity contribution is 6.31. The van der Waals surface area contributed by atoms with Gasteiger partial charge in [-0.25, -0.2) is 18.8 Å². The van der Waals surface area contributed by atoms with E-state index in [1.54, 1.807) is 0 Å². The Morgan fingerprint density at radius 2 is 2.03 bits per heavy atom. The molecule has 9 nitrogen and oxygen atoms in total. The summed E-state index contributed by atoms with van der Waals surface area (Å²) in [5, 5.41) is 7.15. The van der Waals surface area contributed by atoms with E-state index in [4.69, 9.17) is 21.0 Å². The summed E-state index contributed by atoms with van der Waals surface area (Å²) in [6.07, 6.45) is -4.92. The Hall–Kier alpha value is -2.77. The van der Waals surface area contributed by atoms with Gasteiger partial charge in [-0.2, -0.15) is 18.7 Å². The average molecular weight is 466 g/mol. The molecule has 14 heteroatoms. The Kier molecular flexibility index (Phi) is 7.41. The number of aliphatic imine (C=N–C) groups is 1. The van der Waals surface area contributed by atoms with E-state index in [1.165, 1.54) is 6.07 Å². The highest BCUT2D eigenvalue weighted by Gasteiger charge is 2.42. The first-order valence-electron chi connectivity index (χ1n) is 8.93. The van der Waals surface area contributed by atoms with Gasteiger partial charge in [-0.3, -0.25) is 4.90 Å². The van der Waals surface area contributed by atoms with Gasteiger partial charge in [0.25, 0.3) is 0 Å². The van der Waals surface area contributed by atoms with Crippen molar-refractivity contribution in [3.8, 4) is 0 Å². The SMILES string of the molecule is O=C(ONC(=Nc1ccc(F)c(Cl)c1)c1nonc1CCN1CCOCC1)C(F)(F)F. The number of alkyl halides is 3. The van der Waals surface area contributed by atoms with Crippen LogP contribution in [-0.2, 0) is 20.8 Å². The smallest absolute Gasteiger partial charge is 0.379 e. The zero-order valence-electron chi connectivity index (χ0n) is 15.8. The zero-order chi connectivity index (χ0) is 22.4. The lowest BCUT2D eigenvalue weighted by molar-refractivity contribution is -0.203. The minimum atomic E-state index is -5.24. The first-order valence-corrected chi connectivity index (χ1v) is 9.31. The molecule has 2 heterocycles. The van der Waals surface area contributed by atoms with Gasteiger partial charge in [-0.15, -0.1) is 0 Å². The van der Waals surface area contributed by atoms with E-state index < -0.39 is 23.8 Å². The average Bonchev–Trinajstić information content (AvgIpc) is 3.20. The molecule has 3 rings (SSSR count). The summed E-state index contributed by atoms with van der Waals surface area (Å²) < 4.78 is 60.9. The molecule has 1 fully saturated rings. The third-order valence-corrected chi connectivity index (χ3v) is 4.45. The van der Waals surface area contributed by atoms with E-state index in [-0.39, 0.29) is 22.1 Å². The highest BCUT2D eigenvalue weighted by Crippen LogP contribution is 2.23. The van der Waals surface area contributed by atoms with Gasteiger partial charge in [0.1, 0.15) is 11.5 Å². The summed E-state index contributed by atoms with van der Waals surface area (Å²) in [7, 11) is 0. The third-order valence-electron chi connectivity index (χ3n) is 4.17. The normalized spacial score (nSPS) is 15.7. The van der Waals surface area contributed by atoms with Gasteiger partial charge in [-0.1, -0.05) is 16.8 Å². The van der Waals surface area contributed by atoms with Crippen molar-refractivity contribution in [2.24, 2.45) is 4.99 Å². The summed E-state index contributed by atoms with van der Waals surface area (Å²) in [4.78, 5) is 21.3. The Morgan fingerprint density at radius 1 is 1.29 bits per heavy atom. The van der Waals surface area contributed by atoms with Crippen molar-refractivity contribution in [1.29, 1.82) is 0 Å². The number of nitrogens with one attached hydrogen (secondary N) is 1. The number of halogens is 5. The van der Waals surface area contributed by atoms with Crippen LogP contribution in [0, 0.1) is 5.82 Å². The summed E-state index contributed by atoms with van der Waals surface area (Å²) in [6, 6.07) is 3.36. The molecule has 0 bridgehead atoms. The number of hydroxylamine groups is 1. The summed E-state index contributed by atoms with van der Waals surface area (Å²) in [5.74, 6) is -3.62. The minimum absolute atomic E-state index is 0.0547. The quantitative estimate of drug-likeness (QED) is 0.311. The lowest BCUT2D eigenvalue weighted by Gasteiger charge is -2.26. The van der Waals surface area contributed by atoms with E-state index in [0.29, 0.717) is 39.3 Å². The third kappa shape index (κ3) is 6.35. The molecule has 2 aromatic rings. The van der Waals surface area contributed by atoms with Gasteiger partial charge in [0.15, 0.2) is 11.5 Å². The van der Waals surface area contributed by atoms with E-state index in [1.807, 2.05) is 5.48 Å². The molecule has 1 aromatic heterocycles. The van der Waals surface area contributed by atoms with E-state index >= 15 is 0 Å². The summed E-state index contributed by atoms with van der Waals surface area (Å²) in [6.45, 7) is 3.12. The minimum Gasteiger partial charge on any atom is -0.379 e. The predicted octanol–water partition coefficient (Wildman–Crippen LogP) is 2.43. The fourth-order valence-electron chi connectivity index (χ4n) is 2.60. The first kappa shape index (κ1) is 22.9. The molecule has 31 heavy (non-hydrogen) atoms. The molecule has 0 atom stereocenters. The Labute approximate surface area is 177 Å². The van der Waals surface area contributed by atoms with Crippen molar-refractivity contribution < 1.29 is 36.6 Å². The number of benzene rings is 1. The molecule has 1 aliphatic rings. The van der Waals surface area contributed by atoms with Crippen LogP contribution in [0.2, 0.25) is 5.02 Å². The van der Waals surface area contributed by atoms with Gasteiger partial charge in [0.05, 0.1) is 23.9 Å². The fraction of sp³-hybridized carbons (Fsp3) is 0.412. The lowest BCUT2D eigenvalue weighted by atomic mass is 10.2. The number of carbonyl (C=O) groups is 1. The monoisotopic (exact) mass is 465 g/mol. The second-order valence-corrected chi connectivity index (χ2v) is 6.72. The van der Waals surface area contributed by atoms with Crippen LogP contribution in [0.5, 0.6) is 0 Å². The number of rotatable bonds is 5. The molecule has 0 radical (unpaired) electrons. The predicted molar refractivity (Wildman–Crippen MR) is 98.2 cm³/mol. The van der Waals surface area contributed by atoms with Crippen molar-refractivity contribution in [3.05, 3.63) is 40.4 Å². The molecular formula is C17H16ClF4N5O4. The molecule has 0 amide bonds. The number of hydrogen-bond acceptors (Lipinski definition) is 8. The number of carbonyl (C=O) groups excluding carboxylic acids is 1. The fourth-order valence-corrected chi connectivity index (χ4v) is 2.77. The van der Waals surface area contributed by atoms with Crippen LogP contribution in [0.1, 0.15) is 11.4 Å². The molecule has 0 saturated carbocycles. The number of morpholine rings is 1. The van der Waals surface area contributed by atoms with Crippen molar-refractivity contribution in [1.82, 2.24) is 20.7 Å². The van der Waals surface area contributed by atoms with Crippen LogP contribution in [0.3, 0.4) is 0 Å². The molecule has 1 saturated heterocycles. The van der Waals surface area contributed by atoms with Crippen LogP contribution in [0.25, 0.3) is 0 Å². The maximum atomic E-state index is 13.4. The summed E-state index contributed by atoms with van der Waals surface area (Å²) >= 11 is 5.72. The molecule has 0 spiro atoms. The van der Waals surface area contributed by atoms with Crippen LogP contribution in [-0.4, -0.2) is 66.0 Å². The number of amidine groups is 1. The van der Waals surface area contributed by atoms with Crippen LogP contribution in [0.4, 0.5) is 23.2 Å². The van der Waals surface area contributed by atoms with Crippen molar-refractivity contribution in [2.75, 3.05) is 32.8 Å². The van der Waals surface area contributed by atoms with Gasteiger partial charge in [0.2, 0.25) is 0 Å². The molecule has 1 N–H and O–H groups in total. The van der Waals surface area contributed by atoms with Crippen LogP contribution >= 0.6 is 11.6 Å². The first-order chi connectivity index (χ1) is 14.7. The highest BCUT2D eigenvalue weighted by atomic mass is 35.5. The van der Waals surface area contributed by atoms with Gasteiger partial charge < -0.3 is 9.57 Å². The second kappa shape index (κ2) is 10.0. The Morgan fingerprint density at radius 3 is 2.71 bits per heavy atom. The van der Waals surface area contributed by atoms with E-state index in [2.05, 4.69) is 25.0 Å². The molecule has 1 aliphatic heterocycles. The van der Waals surface area contributed by atoms with Crippen molar-refractivity contribution in [2.45, 2.75) is 12.6 Å².